The number of H-pyrrole nitrogens is 1. The average molecular weight is 165 g/mol. The van der Waals surface area contributed by atoms with Crippen LogP contribution in [0.25, 0.3) is 0 Å². The zero-order chi connectivity index (χ0) is 8.23. The van der Waals surface area contributed by atoms with Gasteiger partial charge in [0.25, 0.3) is 0 Å². The maximum Gasteiger partial charge on any atom is 0.0704 e. The second-order valence-electron chi connectivity index (χ2n) is 3.24. The number of ether oxygens (including phenoxy) is 1. The molecule has 0 amide bonds. The van der Waals surface area contributed by atoms with Gasteiger partial charge in [0.2, 0.25) is 0 Å². The fraction of sp³-hybridized carbons (Fsp3) is 0.667. The van der Waals surface area contributed by atoms with Crippen LogP contribution in [-0.4, -0.2) is 23.4 Å². The summed E-state index contributed by atoms with van der Waals surface area (Å²) in [6, 6.07) is 3.08. The van der Waals surface area contributed by atoms with E-state index in [2.05, 4.69) is 16.3 Å². The quantitative estimate of drug-likeness (QED) is 0.714. The van der Waals surface area contributed by atoms with Gasteiger partial charge in [-0.2, -0.15) is 5.10 Å². The van der Waals surface area contributed by atoms with Crippen LogP contribution in [0.5, 0.6) is 0 Å². The molecular formula is C9H13N2O. The number of hydrogen-bond donors (Lipinski definition) is 1. The van der Waals surface area contributed by atoms with E-state index in [9.17, 15) is 0 Å². The Labute approximate surface area is 72.1 Å². The van der Waals surface area contributed by atoms with Gasteiger partial charge in [0.05, 0.1) is 5.69 Å². The predicted octanol–water partition coefficient (Wildman–Crippen LogP) is 1.18. The first kappa shape index (κ1) is 7.80. The lowest BCUT2D eigenvalue weighted by atomic mass is 9.95. The van der Waals surface area contributed by atoms with Crippen molar-refractivity contribution in [3.8, 4) is 0 Å². The molecule has 3 nitrogen and oxygen atoms in total. The van der Waals surface area contributed by atoms with E-state index in [0.717, 1.165) is 31.2 Å². The van der Waals surface area contributed by atoms with Gasteiger partial charge in [0.1, 0.15) is 0 Å². The highest BCUT2D eigenvalue weighted by molar-refractivity contribution is 4.96. The van der Waals surface area contributed by atoms with Crippen LogP contribution in [0.1, 0.15) is 18.5 Å². The van der Waals surface area contributed by atoms with Crippen molar-refractivity contribution >= 4 is 0 Å². The van der Waals surface area contributed by atoms with Crippen LogP contribution in [0.3, 0.4) is 0 Å². The van der Waals surface area contributed by atoms with Crippen molar-refractivity contribution in [2.24, 2.45) is 5.92 Å². The maximum atomic E-state index is 5.28. The Morgan fingerprint density at radius 1 is 1.58 bits per heavy atom. The molecule has 0 aromatic carbocycles. The molecule has 1 aliphatic heterocycles. The van der Waals surface area contributed by atoms with E-state index in [1.165, 1.54) is 12.8 Å². The van der Waals surface area contributed by atoms with Crippen molar-refractivity contribution in [1.82, 2.24) is 10.2 Å². The molecule has 1 aromatic heterocycles. The molecule has 0 aliphatic carbocycles. The lowest BCUT2D eigenvalue weighted by Crippen LogP contribution is -2.17. The molecule has 1 saturated heterocycles. The molecule has 0 atom stereocenters. The van der Waals surface area contributed by atoms with Gasteiger partial charge in [-0.25, -0.2) is 0 Å². The Kier molecular flexibility index (Phi) is 2.42. The summed E-state index contributed by atoms with van der Waals surface area (Å²) in [5.74, 6) is 0.748. The van der Waals surface area contributed by atoms with E-state index in [-0.39, 0.29) is 0 Å². The summed E-state index contributed by atoms with van der Waals surface area (Å²) >= 11 is 0. The molecule has 1 aromatic rings. The Morgan fingerprint density at radius 3 is 3.08 bits per heavy atom. The minimum atomic E-state index is 0.748. The molecule has 0 spiro atoms. The predicted molar refractivity (Wildman–Crippen MR) is 44.7 cm³/mol. The number of rotatable bonds is 2. The van der Waals surface area contributed by atoms with Crippen molar-refractivity contribution in [3.05, 3.63) is 18.0 Å². The minimum Gasteiger partial charge on any atom is -0.381 e. The second-order valence-corrected chi connectivity index (χ2v) is 3.24. The summed E-state index contributed by atoms with van der Waals surface area (Å²) in [5, 5.41) is 6.87. The number of hydrogen-bond acceptors (Lipinski definition) is 2. The molecule has 3 heteroatoms. The fourth-order valence-corrected chi connectivity index (χ4v) is 1.59. The monoisotopic (exact) mass is 165 g/mol. The van der Waals surface area contributed by atoms with Gasteiger partial charge >= 0.3 is 0 Å². The van der Waals surface area contributed by atoms with Gasteiger partial charge in [0, 0.05) is 25.5 Å². The van der Waals surface area contributed by atoms with E-state index in [0.29, 0.717) is 0 Å². The Bertz CT molecular complexity index is 214. The number of nitrogens with one attached hydrogen (secondary N) is 1. The fourth-order valence-electron chi connectivity index (χ4n) is 1.59. The molecule has 1 radical (unpaired) electrons. The first-order valence-corrected chi connectivity index (χ1v) is 4.43. The first-order valence-electron chi connectivity index (χ1n) is 4.43. The molecule has 1 aliphatic rings. The average Bonchev–Trinajstić information content (AvgIpc) is 2.59. The maximum absolute atomic E-state index is 5.28. The van der Waals surface area contributed by atoms with E-state index in [1.54, 1.807) is 6.20 Å². The molecule has 0 bridgehead atoms. The van der Waals surface area contributed by atoms with Gasteiger partial charge in [-0.1, -0.05) is 0 Å². The highest BCUT2D eigenvalue weighted by atomic mass is 16.5. The summed E-state index contributed by atoms with van der Waals surface area (Å²) < 4.78 is 5.28. The highest BCUT2D eigenvalue weighted by Gasteiger charge is 2.14. The molecule has 1 fully saturated rings. The zero-order valence-electron chi connectivity index (χ0n) is 7.05. The molecule has 1 N–H and O–H groups in total. The van der Waals surface area contributed by atoms with Crippen LogP contribution in [0.15, 0.2) is 6.20 Å². The Balaban J connectivity index is 1.86. The molecular weight excluding hydrogens is 152 g/mol. The third-order valence-corrected chi connectivity index (χ3v) is 2.33. The summed E-state index contributed by atoms with van der Waals surface area (Å²) in [6.45, 7) is 1.82. The van der Waals surface area contributed by atoms with E-state index in [1.807, 2.05) is 0 Å². The third kappa shape index (κ3) is 1.85. The Hall–Kier alpha value is -0.830. The van der Waals surface area contributed by atoms with Crippen molar-refractivity contribution < 1.29 is 4.74 Å². The zero-order valence-corrected chi connectivity index (χ0v) is 7.05. The number of nitrogens with zero attached hydrogens (tertiary/aromatic N) is 1. The summed E-state index contributed by atoms with van der Waals surface area (Å²) in [6.07, 6.45) is 5.14. The van der Waals surface area contributed by atoms with E-state index < -0.39 is 0 Å². The third-order valence-electron chi connectivity index (χ3n) is 2.33. The molecule has 65 valence electrons. The molecule has 2 rings (SSSR count). The number of aromatic amines is 1. The van der Waals surface area contributed by atoms with Crippen LogP contribution in [0.2, 0.25) is 0 Å². The van der Waals surface area contributed by atoms with Crippen LogP contribution >= 0.6 is 0 Å². The van der Waals surface area contributed by atoms with E-state index in [4.69, 9.17) is 4.74 Å². The smallest absolute Gasteiger partial charge is 0.0704 e. The second kappa shape index (κ2) is 3.72. The molecule has 0 unspecified atom stereocenters. The highest BCUT2D eigenvalue weighted by Crippen LogP contribution is 2.18. The lowest BCUT2D eigenvalue weighted by Gasteiger charge is -2.20. The Morgan fingerprint density at radius 2 is 2.42 bits per heavy atom. The SMILES string of the molecule is [c]1c[nH]nc1CC1CCOCC1. The summed E-state index contributed by atoms with van der Waals surface area (Å²) in [5.41, 5.74) is 1.06. The van der Waals surface area contributed by atoms with Gasteiger partial charge in [0.15, 0.2) is 0 Å². The molecule has 2 heterocycles. The van der Waals surface area contributed by atoms with Gasteiger partial charge in [-0.3, -0.25) is 5.10 Å². The van der Waals surface area contributed by atoms with Crippen LogP contribution in [0.4, 0.5) is 0 Å². The van der Waals surface area contributed by atoms with Gasteiger partial charge < -0.3 is 4.74 Å². The van der Waals surface area contributed by atoms with Crippen LogP contribution in [-0.2, 0) is 11.2 Å². The van der Waals surface area contributed by atoms with Crippen LogP contribution < -0.4 is 0 Å². The van der Waals surface area contributed by atoms with Crippen molar-refractivity contribution in [3.63, 3.8) is 0 Å². The van der Waals surface area contributed by atoms with Gasteiger partial charge in [-0.05, 0) is 25.2 Å². The van der Waals surface area contributed by atoms with Crippen molar-refractivity contribution in [1.29, 1.82) is 0 Å². The topological polar surface area (TPSA) is 37.9 Å². The van der Waals surface area contributed by atoms with Gasteiger partial charge in [-0.15, -0.1) is 0 Å². The summed E-state index contributed by atoms with van der Waals surface area (Å²) in [4.78, 5) is 0. The lowest BCUT2D eigenvalue weighted by molar-refractivity contribution is 0.0662. The first-order chi connectivity index (χ1) is 5.95. The minimum absolute atomic E-state index is 0.748. The van der Waals surface area contributed by atoms with Crippen LogP contribution in [0, 0.1) is 12.0 Å². The number of aromatic nitrogens is 2. The van der Waals surface area contributed by atoms with Crippen molar-refractivity contribution in [2.75, 3.05) is 13.2 Å². The molecule has 12 heavy (non-hydrogen) atoms. The normalized spacial score (nSPS) is 19.7. The largest absolute Gasteiger partial charge is 0.381 e. The molecule has 0 saturated carbocycles. The van der Waals surface area contributed by atoms with E-state index >= 15 is 0 Å². The van der Waals surface area contributed by atoms with Crippen molar-refractivity contribution in [2.45, 2.75) is 19.3 Å². The standard InChI is InChI=1S/C9H13N2O/c1-4-10-11-9(1)7-8-2-5-12-6-3-8/h4,8H,2-3,5-7H2,(H,10,11). The summed E-state index contributed by atoms with van der Waals surface area (Å²) in [7, 11) is 0.